The molecule has 1 aliphatic rings. The van der Waals surface area contributed by atoms with Crippen LogP contribution in [0.25, 0.3) is 0 Å². The molecule has 0 heterocycles. The van der Waals surface area contributed by atoms with Crippen LogP contribution in [0.15, 0.2) is 48.5 Å². The van der Waals surface area contributed by atoms with Crippen molar-refractivity contribution in [1.29, 1.82) is 0 Å². The maximum absolute atomic E-state index is 13.4. The topological polar surface area (TPSA) is 92.6 Å². The van der Waals surface area contributed by atoms with Crippen LogP contribution in [-0.2, 0) is 22.6 Å². The number of rotatable bonds is 9. The van der Waals surface area contributed by atoms with Crippen LogP contribution in [0.4, 0.5) is 10.1 Å². The van der Waals surface area contributed by atoms with Crippen molar-refractivity contribution in [3.05, 3.63) is 75.6 Å². The van der Waals surface area contributed by atoms with Crippen LogP contribution in [0.3, 0.4) is 0 Å². The lowest BCUT2D eigenvalue weighted by Crippen LogP contribution is -2.52. The molecule has 0 aromatic heterocycles. The molecule has 8 heteroatoms. The van der Waals surface area contributed by atoms with E-state index >= 15 is 0 Å². The standard InChI is InChI=1S/C25H30FN3O4/c1-2-22(25(31)27-21-9-4-3-5-10-21)28(17-18-12-14-20(26)15-13-18)24(30)16-19-8-6-7-11-23(19)29(32)33/h6-8,11-15,21-22H,2-5,9-10,16-17H2,1H3,(H,27,31)/t22-/m0/s1. The third-order valence-corrected chi connectivity index (χ3v) is 6.13. The molecule has 0 bridgehead atoms. The van der Waals surface area contributed by atoms with Crippen LogP contribution in [0, 0.1) is 15.9 Å². The third-order valence-electron chi connectivity index (χ3n) is 6.13. The van der Waals surface area contributed by atoms with E-state index in [1.165, 1.54) is 23.1 Å². The number of benzene rings is 2. The van der Waals surface area contributed by atoms with Crippen molar-refractivity contribution in [1.82, 2.24) is 10.2 Å². The molecule has 7 nitrogen and oxygen atoms in total. The molecule has 0 radical (unpaired) electrons. The van der Waals surface area contributed by atoms with Crippen molar-refractivity contribution in [3.63, 3.8) is 0 Å². The summed E-state index contributed by atoms with van der Waals surface area (Å²) in [6.07, 6.45) is 5.33. The van der Waals surface area contributed by atoms with Crippen molar-refractivity contribution in [2.24, 2.45) is 0 Å². The Balaban J connectivity index is 1.85. The first-order valence-electron chi connectivity index (χ1n) is 11.5. The van der Waals surface area contributed by atoms with Gasteiger partial charge in [-0.3, -0.25) is 19.7 Å². The van der Waals surface area contributed by atoms with Gasteiger partial charge in [0.1, 0.15) is 11.9 Å². The van der Waals surface area contributed by atoms with Gasteiger partial charge in [0, 0.05) is 24.2 Å². The molecule has 1 aliphatic carbocycles. The monoisotopic (exact) mass is 455 g/mol. The van der Waals surface area contributed by atoms with Crippen molar-refractivity contribution < 1.29 is 18.9 Å². The summed E-state index contributed by atoms with van der Waals surface area (Å²) in [5, 5.41) is 14.5. The van der Waals surface area contributed by atoms with Gasteiger partial charge in [0.25, 0.3) is 5.69 Å². The predicted molar refractivity (Wildman–Crippen MR) is 123 cm³/mol. The number of nitrogens with one attached hydrogen (secondary N) is 1. The minimum absolute atomic E-state index is 0.0956. The molecule has 1 N–H and O–H groups in total. The van der Waals surface area contributed by atoms with Crippen molar-refractivity contribution in [3.8, 4) is 0 Å². The van der Waals surface area contributed by atoms with E-state index in [1.807, 2.05) is 6.92 Å². The minimum atomic E-state index is -0.729. The van der Waals surface area contributed by atoms with Crippen LogP contribution in [-0.4, -0.2) is 33.7 Å². The highest BCUT2D eigenvalue weighted by molar-refractivity contribution is 5.89. The summed E-state index contributed by atoms with van der Waals surface area (Å²) in [4.78, 5) is 38.9. The van der Waals surface area contributed by atoms with Crippen molar-refractivity contribution in [2.75, 3.05) is 0 Å². The number of amides is 2. The van der Waals surface area contributed by atoms with E-state index in [9.17, 15) is 24.1 Å². The lowest BCUT2D eigenvalue weighted by atomic mass is 9.95. The lowest BCUT2D eigenvalue weighted by Gasteiger charge is -2.33. The molecular weight excluding hydrogens is 425 g/mol. The Morgan fingerprint density at radius 1 is 1.12 bits per heavy atom. The van der Waals surface area contributed by atoms with E-state index in [0.717, 1.165) is 32.1 Å². The normalized spacial score (nSPS) is 15.0. The highest BCUT2D eigenvalue weighted by Gasteiger charge is 2.31. The second kappa shape index (κ2) is 11.5. The lowest BCUT2D eigenvalue weighted by molar-refractivity contribution is -0.385. The number of nitro groups is 1. The fourth-order valence-electron chi connectivity index (χ4n) is 4.35. The Labute approximate surface area is 193 Å². The molecule has 176 valence electrons. The first kappa shape index (κ1) is 24.4. The Morgan fingerprint density at radius 3 is 2.42 bits per heavy atom. The van der Waals surface area contributed by atoms with Crippen LogP contribution in [0.5, 0.6) is 0 Å². The maximum atomic E-state index is 13.4. The van der Waals surface area contributed by atoms with E-state index in [0.29, 0.717) is 17.5 Å². The third kappa shape index (κ3) is 6.60. The summed E-state index contributed by atoms with van der Waals surface area (Å²) >= 11 is 0. The molecule has 2 aromatic carbocycles. The molecule has 2 aromatic rings. The molecule has 1 fully saturated rings. The van der Waals surface area contributed by atoms with Crippen LogP contribution < -0.4 is 5.32 Å². The molecule has 1 saturated carbocycles. The van der Waals surface area contributed by atoms with Crippen LogP contribution in [0.2, 0.25) is 0 Å². The molecule has 33 heavy (non-hydrogen) atoms. The number of halogens is 1. The van der Waals surface area contributed by atoms with Crippen molar-refractivity contribution >= 4 is 17.5 Å². The fraction of sp³-hybridized carbons (Fsp3) is 0.440. The molecule has 0 saturated heterocycles. The number of carbonyl (C=O) groups excluding carboxylic acids is 2. The molecule has 0 spiro atoms. The average Bonchev–Trinajstić information content (AvgIpc) is 2.81. The van der Waals surface area contributed by atoms with Gasteiger partial charge >= 0.3 is 0 Å². The van der Waals surface area contributed by atoms with Gasteiger partial charge in [0.05, 0.1) is 11.3 Å². The van der Waals surface area contributed by atoms with Gasteiger partial charge in [-0.15, -0.1) is 0 Å². The Morgan fingerprint density at radius 2 is 1.79 bits per heavy atom. The summed E-state index contributed by atoms with van der Waals surface area (Å²) < 4.78 is 13.4. The fourth-order valence-corrected chi connectivity index (χ4v) is 4.35. The van der Waals surface area contributed by atoms with Gasteiger partial charge in [-0.2, -0.15) is 0 Å². The zero-order valence-electron chi connectivity index (χ0n) is 18.8. The van der Waals surface area contributed by atoms with Crippen molar-refractivity contribution in [2.45, 2.75) is 70.5 Å². The number of para-hydroxylation sites is 1. The number of carbonyl (C=O) groups is 2. The summed E-state index contributed by atoms with van der Waals surface area (Å²) in [5.74, 6) is -1.000. The van der Waals surface area contributed by atoms with Crippen LogP contribution in [0.1, 0.15) is 56.6 Å². The van der Waals surface area contributed by atoms with Gasteiger partial charge in [0.15, 0.2) is 0 Å². The number of hydrogen-bond acceptors (Lipinski definition) is 4. The van der Waals surface area contributed by atoms with E-state index < -0.39 is 16.8 Å². The molecule has 1 atom stereocenters. The smallest absolute Gasteiger partial charge is 0.273 e. The van der Waals surface area contributed by atoms with E-state index in [-0.39, 0.29) is 36.5 Å². The highest BCUT2D eigenvalue weighted by Crippen LogP contribution is 2.22. The van der Waals surface area contributed by atoms with Crippen LogP contribution >= 0.6 is 0 Å². The quantitative estimate of drug-likeness (QED) is 0.444. The second-order valence-electron chi connectivity index (χ2n) is 8.48. The number of nitro benzene ring substituents is 1. The largest absolute Gasteiger partial charge is 0.352 e. The van der Waals surface area contributed by atoms with E-state index in [4.69, 9.17) is 0 Å². The molecule has 0 unspecified atom stereocenters. The Hall–Kier alpha value is -3.29. The zero-order valence-corrected chi connectivity index (χ0v) is 18.8. The molecule has 2 amide bonds. The predicted octanol–water partition coefficient (Wildman–Crippen LogP) is 4.53. The average molecular weight is 456 g/mol. The molecule has 3 rings (SSSR count). The Bertz CT molecular complexity index is 974. The Kier molecular flexibility index (Phi) is 8.52. The summed E-state index contributed by atoms with van der Waals surface area (Å²) in [7, 11) is 0. The summed E-state index contributed by atoms with van der Waals surface area (Å²) in [6, 6.07) is 11.2. The van der Waals surface area contributed by atoms with Gasteiger partial charge in [-0.1, -0.05) is 56.5 Å². The minimum Gasteiger partial charge on any atom is -0.352 e. The summed E-state index contributed by atoms with van der Waals surface area (Å²) in [6.45, 7) is 1.94. The van der Waals surface area contributed by atoms with Gasteiger partial charge < -0.3 is 10.2 Å². The summed E-state index contributed by atoms with van der Waals surface area (Å²) in [5.41, 5.74) is 0.836. The second-order valence-corrected chi connectivity index (χ2v) is 8.48. The number of hydrogen-bond donors (Lipinski definition) is 1. The maximum Gasteiger partial charge on any atom is 0.273 e. The van der Waals surface area contributed by atoms with Gasteiger partial charge in [0.2, 0.25) is 11.8 Å². The SMILES string of the molecule is CC[C@@H](C(=O)NC1CCCCC1)N(Cc1ccc(F)cc1)C(=O)Cc1ccccc1[N+](=O)[O-]. The van der Waals surface area contributed by atoms with E-state index in [1.54, 1.807) is 30.3 Å². The first-order chi connectivity index (χ1) is 15.9. The van der Waals surface area contributed by atoms with E-state index in [2.05, 4.69) is 5.32 Å². The zero-order chi connectivity index (χ0) is 23.8. The number of nitrogens with zero attached hydrogens (tertiary/aromatic N) is 2. The molecule has 0 aliphatic heterocycles. The highest BCUT2D eigenvalue weighted by atomic mass is 19.1. The van der Waals surface area contributed by atoms with Gasteiger partial charge in [-0.05, 0) is 37.0 Å². The van der Waals surface area contributed by atoms with Gasteiger partial charge in [-0.25, -0.2) is 4.39 Å². The first-order valence-corrected chi connectivity index (χ1v) is 11.5. The molecular formula is C25H30FN3O4.